The third-order valence-corrected chi connectivity index (χ3v) is 2.40. The van der Waals surface area contributed by atoms with Crippen LogP contribution in [0.5, 0.6) is 5.75 Å². The van der Waals surface area contributed by atoms with Gasteiger partial charge in [0.05, 0.1) is 6.61 Å². The highest BCUT2D eigenvalue weighted by Crippen LogP contribution is 2.33. The topological polar surface area (TPSA) is 36.9 Å². The molecule has 94 valence electrons. The first-order valence-corrected chi connectivity index (χ1v) is 5.43. The maximum absolute atomic E-state index is 13.6. The first-order valence-electron chi connectivity index (χ1n) is 5.43. The van der Waals surface area contributed by atoms with E-state index in [0.29, 0.717) is 18.8 Å². The minimum Gasteiger partial charge on any atom is -0.488 e. The molecule has 1 aliphatic heterocycles. The molecule has 1 saturated heterocycles. The van der Waals surface area contributed by atoms with E-state index in [9.17, 15) is 4.39 Å². The fourth-order valence-corrected chi connectivity index (χ4v) is 1.53. The molecule has 1 aliphatic rings. The first-order chi connectivity index (χ1) is 8.20. The monoisotopic (exact) mass is 242 g/mol. The molecule has 0 saturated carbocycles. The minimum absolute atomic E-state index is 0.207. The quantitative estimate of drug-likeness (QED) is 0.742. The molecule has 0 spiro atoms. The lowest BCUT2D eigenvalue weighted by molar-refractivity contribution is -0.382. The predicted molar refractivity (Wildman–Crippen MR) is 58.1 cm³/mol. The fraction of sp³-hybridized carbons (Fsp3) is 0.500. The molecule has 0 aromatic heterocycles. The second-order valence-corrected chi connectivity index (χ2v) is 3.70. The van der Waals surface area contributed by atoms with Crippen molar-refractivity contribution in [3.05, 3.63) is 29.6 Å². The van der Waals surface area contributed by atoms with Crippen LogP contribution in [0.15, 0.2) is 18.2 Å². The summed E-state index contributed by atoms with van der Waals surface area (Å²) in [5.41, 5.74) is 0.652. The average molecular weight is 242 g/mol. The van der Waals surface area contributed by atoms with Gasteiger partial charge in [-0.1, -0.05) is 6.07 Å². The molecule has 5 heteroatoms. The Hall–Kier alpha value is -1.17. The summed E-state index contributed by atoms with van der Waals surface area (Å²) >= 11 is 0. The number of rotatable bonds is 5. The molecule has 1 fully saturated rings. The molecule has 0 aliphatic carbocycles. The van der Waals surface area contributed by atoms with E-state index in [1.54, 1.807) is 26.2 Å². The molecule has 1 aromatic carbocycles. The Bertz CT molecular complexity index is 377. The lowest BCUT2D eigenvalue weighted by atomic mass is 10.2. The molecule has 1 heterocycles. The van der Waals surface area contributed by atoms with Crippen molar-refractivity contribution in [3.8, 4) is 5.75 Å². The summed E-state index contributed by atoms with van der Waals surface area (Å²) in [4.78, 5) is 0. The molecule has 0 amide bonds. The Morgan fingerprint density at radius 2 is 2.06 bits per heavy atom. The molecule has 1 aromatic rings. The van der Waals surface area contributed by atoms with E-state index < -0.39 is 12.1 Å². The predicted octanol–water partition coefficient (Wildman–Crippen LogP) is 2.24. The van der Waals surface area contributed by atoms with Crippen LogP contribution in [-0.2, 0) is 14.2 Å². The van der Waals surface area contributed by atoms with Gasteiger partial charge in [0.15, 0.2) is 24.1 Å². The summed E-state index contributed by atoms with van der Waals surface area (Å²) in [6.45, 7) is 2.53. The summed E-state index contributed by atoms with van der Waals surface area (Å²) in [5, 5.41) is 0. The average Bonchev–Trinajstić information content (AvgIpc) is 2.27. The van der Waals surface area contributed by atoms with Crippen LogP contribution in [0.4, 0.5) is 4.39 Å². The Labute approximate surface area is 99.2 Å². The zero-order valence-electron chi connectivity index (χ0n) is 9.81. The number of methoxy groups -OCH3 is 1. The molecule has 0 unspecified atom stereocenters. The Morgan fingerprint density at radius 3 is 2.65 bits per heavy atom. The van der Waals surface area contributed by atoms with E-state index in [4.69, 9.17) is 18.9 Å². The number of ether oxygens (including phenoxy) is 4. The van der Waals surface area contributed by atoms with Crippen LogP contribution in [0.1, 0.15) is 18.8 Å². The third-order valence-electron chi connectivity index (χ3n) is 2.40. The molecular weight excluding hydrogens is 227 g/mol. The van der Waals surface area contributed by atoms with Crippen LogP contribution in [0, 0.1) is 5.82 Å². The number of halogens is 1. The van der Waals surface area contributed by atoms with Crippen molar-refractivity contribution in [3.63, 3.8) is 0 Å². The second kappa shape index (κ2) is 5.44. The van der Waals surface area contributed by atoms with Gasteiger partial charge in [-0.2, -0.15) is 0 Å². The number of hydrogen-bond acceptors (Lipinski definition) is 4. The molecule has 0 bridgehead atoms. The van der Waals surface area contributed by atoms with Crippen LogP contribution < -0.4 is 4.74 Å². The summed E-state index contributed by atoms with van der Waals surface area (Å²) in [6, 6.07) is 4.65. The molecular formula is C12H15FO4. The second-order valence-electron chi connectivity index (χ2n) is 3.70. The van der Waals surface area contributed by atoms with Gasteiger partial charge in [0.25, 0.3) is 0 Å². The molecule has 0 N–H and O–H groups in total. The molecule has 17 heavy (non-hydrogen) atoms. The Kier molecular flexibility index (Phi) is 3.93. The lowest BCUT2D eigenvalue weighted by Gasteiger charge is -2.33. The van der Waals surface area contributed by atoms with Crippen molar-refractivity contribution in [2.24, 2.45) is 0 Å². The summed E-state index contributed by atoms with van der Waals surface area (Å²) in [6.07, 6.45) is -0.687. The first kappa shape index (κ1) is 12.3. The summed E-state index contributed by atoms with van der Waals surface area (Å²) < 4.78 is 34.2. The maximum atomic E-state index is 13.6. The van der Waals surface area contributed by atoms with Gasteiger partial charge >= 0.3 is 0 Å². The highest BCUT2D eigenvalue weighted by molar-refractivity contribution is 5.30. The standard InChI is InChI=1S/C12H15FO4/c1-8-16-12(17-8)9-3-4-11(10(13)7-9)15-6-5-14-2/h3-4,7-8,12H,5-6H2,1-2H3. The molecule has 2 rings (SSSR count). The van der Waals surface area contributed by atoms with Gasteiger partial charge in [-0.05, 0) is 19.1 Å². The zero-order chi connectivity index (χ0) is 12.3. The highest BCUT2D eigenvalue weighted by Gasteiger charge is 2.28. The number of hydrogen-bond donors (Lipinski definition) is 0. The minimum atomic E-state index is -0.465. The van der Waals surface area contributed by atoms with Gasteiger partial charge in [0, 0.05) is 12.7 Å². The van der Waals surface area contributed by atoms with Gasteiger partial charge in [-0.25, -0.2) is 4.39 Å². The Morgan fingerprint density at radius 1 is 1.29 bits per heavy atom. The summed E-state index contributed by atoms with van der Waals surface area (Å²) in [7, 11) is 1.56. The van der Waals surface area contributed by atoms with Gasteiger partial charge < -0.3 is 18.9 Å². The Balaban J connectivity index is 1.96. The van der Waals surface area contributed by atoms with Crippen LogP contribution in [0.3, 0.4) is 0 Å². The van der Waals surface area contributed by atoms with E-state index in [1.165, 1.54) is 6.07 Å². The van der Waals surface area contributed by atoms with E-state index in [0.717, 1.165) is 0 Å². The van der Waals surface area contributed by atoms with E-state index in [2.05, 4.69) is 0 Å². The van der Waals surface area contributed by atoms with Crippen molar-refractivity contribution < 1.29 is 23.3 Å². The molecule has 0 atom stereocenters. The van der Waals surface area contributed by atoms with Crippen LogP contribution in [0.2, 0.25) is 0 Å². The maximum Gasteiger partial charge on any atom is 0.189 e. The van der Waals surface area contributed by atoms with Gasteiger partial charge in [0.2, 0.25) is 0 Å². The van der Waals surface area contributed by atoms with Crippen LogP contribution in [0.25, 0.3) is 0 Å². The summed E-state index contributed by atoms with van der Waals surface area (Å²) in [5.74, 6) is -0.219. The molecule has 4 nitrogen and oxygen atoms in total. The fourth-order valence-electron chi connectivity index (χ4n) is 1.53. The number of benzene rings is 1. The lowest BCUT2D eigenvalue weighted by Crippen LogP contribution is -2.31. The van der Waals surface area contributed by atoms with Crippen molar-refractivity contribution in [2.75, 3.05) is 20.3 Å². The van der Waals surface area contributed by atoms with Gasteiger partial charge in [-0.15, -0.1) is 0 Å². The van der Waals surface area contributed by atoms with E-state index >= 15 is 0 Å². The smallest absolute Gasteiger partial charge is 0.189 e. The van der Waals surface area contributed by atoms with Gasteiger partial charge in [-0.3, -0.25) is 0 Å². The van der Waals surface area contributed by atoms with E-state index in [-0.39, 0.29) is 12.0 Å². The normalized spacial score (nSPS) is 23.2. The SMILES string of the molecule is COCCOc1ccc(C2OC(C)O2)cc1F. The van der Waals surface area contributed by atoms with Crippen LogP contribution >= 0.6 is 0 Å². The van der Waals surface area contributed by atoms with Gasteiger partial charge in [0.1, 0.15) is 6.61 Å². The van der Waals surface area contributed by atoms with Crippen molar-refractivity contribution in [1.29, 1.82) is 0 Å². The largest absolute Gasteiger partial charge is 0.488 e. The van der Waals surface area contributed by atoms with E-state index in [1.807, 2.05) is 0 Å². The molecule has 0 radical (unpaired) electrons. The van der Waals surface area contributed by atoms with Crippen molar-refractivity contribution in [2.45, 2.75) is 19.5 Å². The van der Waals surface area contributed by atoms with Crippen molar-refractivity contribution >= 4 is 0 Å². The van der Waals surface area contributed by atoms with Crippen molar-refractivity contribution in [1.82, 2.24) is 0 Å². The zero-order valence-corrected chi connectivity index (χ0v) is 9.81. The van der Waals surface area contributed by atoms with Crippen LogP contribution in [-0.4, -0.2) is 26.6 Å². The third kappa shape index (κ3) is 2.94. The highest BCUT2D eigenvalue weighted by atomic mass is 19.1.